The Bertz CT molecular complexity index is 530. The molecule has 0 amide bonds. The first-order chi connectivity index (χ1) is 12.2. The highest BCUT2D eigenvalue weighted by atomic mass is 16.7. The maximum absolute atomic E-state index is 11.9. The average molecular weight is 374 g/mol. The molecule has 0 aromatic carbocycles. The fourth-order valence-electron chi connectivity index (χ4n) is 2.60. The van der Waals surface area contributed by atoms with Crippen LogP contribution >= 0.6 is 0 Å². The summed E-state index contributed by atoms with van der Waals surface area (Å²) in [5.74, 6) is -1.98. The van der Waals surface area contributed by atoms with Crippen molar-refractivity contribution < 1.29 is 43.2 Å². The molecule has 0 bridgehead atoms. The Morgan fingerprint density at radius 1 is 1.23 bits per heavy atom. The Morgan fingerprint density at radius 3 is 2.31 bits per heavy atom. The summed E-state index contributed by atoms with van der Waals surface area (Å²) >= 11 is 0. The van der Waals surface area contributed by atoms with E-state index >= 15 is 0 Å². The predicted molar refractivity (Wildman–Crippen MR) is 88.0 cm³/mol. The van der Waals surface area contributed by atoms with Gasteiger partial charge in [-0.05, 0) is 6.42 Å². The zero-order chi connectivity index (χ0) is 19.9. The molecule has 0 unspecified atom stereocenters. The Labute approximate surface area is 152 Å². The van der Waals surface area contributed by atoms with Crippen LogP contribution in [0.2, 0.25) is 0 Å². The van der Waals surface area contributed by atoms with Crippen LogP contribution in [0.1, 0.15) is 40.0 Å². The number of ether oxygens (including phenoxy) is 5. The standard InChI is InChI=1S/C17H26O9/c1-6-12(7-9(2)18)25-17-15(24-11(4)20)13(23-10(3)19)8-14(26-17)16(21)22-5/h12-15,17-18H,2,6-8H2,1,3-5H3/t12-,13+,14+,15-,17-/m1/s1. The first-order valence-corrected chi connectivity index (χ1v) is 8.27. The fourth-order valence-corrected chi connectivity index (χ4v) is 2.60. The molecule has 1 fully saturated rings. The quantitative estimate of drug-likeness (QED) is 0.382. The van der Waals surface area contributed by atoms with Crippen LogP contribution in [0.15, 0.2) is 12.3 Å². The molecule has 148 valence electrons. The van der Waals surface area contributed by atoms with Crippen LogP contribution in [0.4, 0.5) is 0 Å². The lowest BCUT2D eigenvalue weighted by Crippen LogP contribution is -2.55. The molecule has 1 rings (SSSR count). The van der Waals surface area contributed by atoms with E-state index in [0.29, 0.717) is 6.42 Å². The first-order valence-electron chi connectivity index (χ1n) is 8.27. The van der Waals surface area contributed by atoms with Gasteiger partial charge in [0.1, 0.15) is 6.10 Å². The van der Waals surface area contributed by atoms with E-state index < -0.39 is 48.6 Å². The highest BCUT2D eigenvalue weighted by molar-refractivity contribution is 5.75. The van der Waals surface area contributed by atoms with Gasteiger partial charge in [0.05, 0.1) is 19.0 Å². The second-order valence-corrected chi connectivity index (χ2v) is 5.91. The SMILES string of the molecule is C=C(O)C[C@@H](CC)O[C@@H]1O[C@H](C(=O)OC)C[C@H](OC(C)=O)[C@H]1OC(C)=O. The Balaban J connectivity index is 3.09. The van der Waals surface area contributed by atoms with Gasteiger partial charge >= 0.3 is 17.9 Å². The number of methoxy groups -OCH3 is 1. The zero-order valence-electron chi connectivity index (χ0n) is 15.4. The smallest absolute Gasteiger partial charge is 0.335 e. The van der Waals surface area contributed by atoms with E-state index in [4.69, 9.17) is 18.9 Å². The molecule has 9 nitrogen and oxygen atoms in total. The average Bonchev–Trinajstić information content (AvgIpc) is 2.54. The second-order valence-electron chi connectivity index (χ2n) is 5.91. The third-order valence-electron chi connectivity index (χ3n) is 3.71. The molecule has 1 heterocycles. The summed E-state index contributed by atoms with van der Waals surface area (Å²) in [6.07, 6.45) is -4.20. The molecule has 5 atom stereocenters. The summed E-state index contributed by atoms with van der Waals surface area (Å²) in [5.41, 5.74) is 0. The van der Waals surface area contributed by atoms with Crippen LogP contribution in [-0.2, 0) is 38.1 Å². The molecule has 0 spiro atoms. The van der Waals surface area contributed by atoms with Crippen LogP contribution in [0.3, 0.4) is 0 Å². The van der Waals surface area contributed by atoms with Crippen LogP contribution in [0, 0.1) is 0 Å². The van der Waals surface area contributed by atoms with Crippen LogP contribution < -0.4 is 0 Å². The fraction of sp³-hybridized carbons (Fsp3) is 0.706. The number of carbonyl (C=O) groups excluding carboxylic acids is 3. The summed E-state index contributed by atoms with van der Waals surface area (Å²) in [6.45, 7) is 7.64. The molecule has 1 N–H and O–H groups in total. The Hall–Kier alpha value is -2.13. The van der Waals surface area contributed by atoms with Crippen LogP contribution in [0.25, 0.3) is 0 Å². The van der Waals surface area contributed by atoms with Crippen molar-refractivity contribution in [1.82, 2.24) is 0 Å². The van der Waals surface area contributed by atoms with Gasteiger partial charge in [0.25, 0.3) is 0 Å². The summed E-state index contributed by atoms with van der Waals surface area (Å²) < 4.78 is 26.5. The number of rotatable bonds is 8. The summed E-state index contributed by atoms with van der Waals surface area (Å²) in [5, 5.41) is 9.40. The summed E-state index contributed by atoms with van der Waals surface area (Å²) in [6, 6.07) is 0. The van der Waals surface area contributed by atoms with Crippen molar-refractivity contribution in [2.24, 2.45) is 0 Å². The molecule has 0 aromatic rings. The molecule has 26 heavy (non-hydrogen) atoms. The van der Waals surface area contributed by atoms with Crippen molar-refractivity contribution in [1.29, 1.82) is 0 Å². The minimum absolute atomic E-state index is 0.0481. The number of carbonyl (C=O) groups is 3. The summed E-state index contributed by atoms with van der Waals surface area (Å²) in [7, 11) is 1.20. The van der Waals surface area contributed by atoms with E-state index in [1.54, 1.807) is 0 Å². The van der Waals surface area contributed by atoms with Crippen LogP contribution in [-0.4, -0.2) is 60.8 Å². The topological polar surface area (TPSA) is 118 Å². The van der Waals surface area contributed by atoms with Gasteiger partial charge in [-0.15, -0.1) is 0 Å². The first kappa shape index (κ1) is 21.9. The molecule has 0 radical (unpaired) electrons. The van der Waals surface area contributed by atoms with Gasteiger partial charge in [-0.3, -0.25) is 9.59 Å². The molecule has 0 aromatic heterocycles. The van der Waals surface area contributed by atoms with E-state index in [1.165, 1.54) is 21.0 Å². The van der Waals surface area contributed by atoms with Gasteiger partial charge in [-0.25, -0.2) is 4.79 Å². The van der Waals surface area contributed by atoms with Gasteiger partial charge in [-0.1, -0.05) is 13.5 Å². The van der Waals surface area contributed by atoms with E-state index in [-0.39, 0.29) is 18.6 Å². The Kier molecular flexibility index (Phi) is 8.53. The van der Waals surface area contributed by atoms with Crippen molar-refractivity contribution in [3.05, 3.63) is 12.3 Å². The maximum atomic E-state index is 11.9. The van der Waals surface area contributed by atoms with Crippen molar-refractivity contribution in [3.8, 4) is 0 Å². The lowest BCUT2D eigenvalue weighted by molar-refractivity contribution is -0.286. The number of hydrogen-bond acceptors (Lipinski definition) is 9. The molecule has 1 aliphatic rings. The van der Waals surface area contributed by atoms with Crippen molar-refractivity contribution >= 4 is 17.9 Å². The lowest BCUT2D eigenvalue weighted by Gasteiger charge is -2.40. The normalized spacial score (nSPS) is 26.5. The minimum atomic E-state index is -1.19. The molecule has 1 aliphatic heterocycles. The van der Waals surface area contributed by atoms with E-state index in [0.717, 1.165) is 0 Å². The highest BCUT2D eigenvalue weighted by Gasteiger charge is 2.47. The van der Waals surface area contributed by atoms with Gasteiger partial charge in [0, 0.05) is 26.7 Å². The molecule has 0 aliphatic carbocycles. The summed E-state index contributed by atoms with van der Waals surface area (Å²) in [4.78, 5) is 34.8. The Morgan fingerprint density at radius 2 is 1.85 bits per heavy atom. The number of esters is 3. The molecule has 0 saturated carbocycles. The third kappa shape index (κ3) is 6.64. The number of hydrogen-bond donors (Lipinski definition) is 1. The van der Waals surface area contributed by atoms with E-state index in [9.17, 15) is 19.5 Å². The van der Waals surface area contributed by atoms with Crippen LogP contribution in [0.5, 0.6) is 0 Å². The third-order valence-corrected chi connectivity index (χ3v) is 3.71. The monoisotopic (exact) mass is 374 g/mol. The van der Waals surface area contributed by atoms with E-state index in [2.05, 4.69) is 11.3 Å². The highest BCUT2D eigenvalue weighted by Crippen LogP contribution is 2.29. The van der Waals surface area contributed by atoms with E-state index in [1.807, 2.05) is 6.92 Å². The maximum Gasteiger partial charge on any atom is 0.335 e. The molecular formula is C17H26O9. The second kappa shape index (κ2) is 10.1. The van der Waals surface area contributed by atoms with Crippen molar-refractivity contribution in [2.45, 2.75) is 70.7 Å². The van der Waals surface area contributed by atoms with Gasteiger partial charge in [0.15, 0.2) is 18.5 Å². The predicted octanol–water partition coefficient (Wildman–Crippen LogP) is 1.39. The zero-order valence-corrected chi connectivity index (χ0v) is 15.4. The van der Waals surface area contributed by atoms with Gasteiger partial charge in [0.2, 0.25) is 0 Å². The lowest BCUT2D eigenvalue weighted by atomic mass is 10.0. The number of aliphatic hydroxyl groups excluding tert-OH is 1. The molecule has 9 heteroatoms. The van der Waals surface area contributed by atoms with Crippen molar-refractivity contribution in [3.63, 3.8) is 0 Å². The van der Waals surface area contributed by atoms with Gasteiger partial charge in [-0.2, -0.15) is 0 Å². The number of aliphatic hydroxyl groups is 1. The van der Waals surface area contributed by atoms with Crippen molar-refractivity contribution in [2.75, 3.05) is 7.11 Å². The minimum Gasteiger partial charge on any atom is -0.513 e. The molecule has 1 saturated heterocycles. The largest absolute Gasteiger partial charge is 0.513 e. The van der Waals surface area contributed by atoms with Gasteiger partial charge < -0.3 is 28.8 Å². The molecular weight excluding hydrogens is 348 g/mol.